The lowest BCUT2D eigenvalue weighted by Crippen LogP contribution is -2.38. The van der Waals surface area contributed by atoms with Gasteiger partial charge in [-0.05, 0) is 24.1 Å². The molecule has 1 amide bonds. The van der Waals surface area contributed by atoms with Gasteiger partial charge < -0.3 is 25.7 Å². The smallest absolute Gasteiger partial charge is 0.231 e. The number of ether oxygens (including phenoxy) is 2. The van der Waals surface area contributed by atoms with Crippen LogP contribution in [0.15, 0.2) is 23.4 Å². The molecule has 1 aromatic rings. The van der Waals surface area contributed by atoms with Gasteiger partial charge in [-0.1, -0.05) is 18.1 Å². The first-order valence-corrected chi connectivity index (χ1v) is 6.29. The van der Waals surface area contributed by atoms with Crippen LogP contribution in [0, 0.1) is 5.92 Å². The molecule has 1 aliphatic rings. The maximum Gasteiger partial charge on any atom is 0.231 e. The minimum Gasteiger partial charge on any atom is -0.454 e. The van der Waals surface area contributed by atoms with Crippen LogP contribution in [-0.2, 0) is 11.3 Å². The third-order valence-electron chi connectivity index (χ3n) is 3.10. The lowest BCUT2D eigenvalue weighted by molar-refractivity contribution is -0.123. The Labute approximate surface area is 116 Å². The summed E-state index contributed by atoms with van der Waals surface area (Å²) in [4.78, 5) is 11.9. The third kappa shape index (κ3) is 2.93. The number of oxime groups is 1. The van der Waals surface area contributed by atoms with Gasteiger partial charge in [-0.15, -0.1) is 0 Å². The van der Waals surface area contributed by atoms with E-state index in [0.717, 1.165) is 5.56 Å². The van der Waals surface area contributed by atoms with Gasteiger partial charge in [-0.2, -0.15) is 0 Å². The molecule has 0 aliphatic carbocycles. The van der Waals surface area contributed by atoms with Crippen LogP contribution < -0.4 is 20.5 Å². The van der Waals surface area contributed by atoms with E-state index in [1.807, 2.05) is 12.1 Å². The van der Waals surface area contributed by atoms with Gasteiger partial charge in [0.1, 0.15) is 0 Å². The van der Waals surface area contributed by atoms with Crippen LogP contribution in [0.3, 0.4) is 0 Å². The van der Waals surface area contributed by atoms with Crippen LogP contribution in [0.1, 0.15) is 18.9 Å². The molecule has 0 bridgehead atoms. The van der Waals surface area contributed by atoms with E-state index < -0.39 is 5.92 Å². The number of amides is 1. The average Bonchev–Trinajstić information content (AvgIpc) is 2.93. The minimum atomic E-state index is -0.631. The summed E-state index contributed by atoms with van der Waals surface area (Å²) < 4.78 is 10.5. The van der Waals surface area contributed by atoms with Crippen LogP contribution in [0.2, 0.25) is 0 Å². The Morgan fingerprint density at radius 3 is 2.95 bits per heavy atom. The number of hydrogen-bond donors (Lipinski definition) is 3. The van der Waals surface area contributed by atoms with Gasteiger partial charge >= 0.3 is 0 Å². The van der Waals surface area contributed by atoms with Crippen molar-refractivity contribution in [1.29, 1.82) is 0 Å². The normalized spacial score (nSPS) is 14.9. The topological polar surface area (TPSA) is 106 Å². The zero-order valence-electron chi connectivity index (χ0n) is 11.1. The van der Waals surface area contributed by atoms with Gasteiger partial charge in [0.2, 0.25) is 12.7 Å². The van der Waals surface area contributed by atoms with Crippen molar-refractivity contribution in [3.05, 3.63) is 23.8 Å². The van der Waals surface area contributed by atoms with Gasteiger partial charge in [0.15, 0.2) is 17.3 Å². The van der Waals surface area contributed by atoms with E-state index in [9.17, 15) is 4.79 Å². The van der Waals surface area contributed by atoms with Crippen LogP contribution in [0.4, 0.5) is 0 Å². The van der Waals surface area contributed by atoms with Crippen molar-refractivity contribution < 1.29 is 19.5 Å². The molecule has 1 aromatic carbocycles. The second kappa shape index (κ2) is 6.14. The standard InChI is InChI=1S/C13H17N3O4/c1-2-9(12(14)16-18)13(17)15-6-8-3-4-10-11(5-8)20-7-19-10/h3-5,9,18H,2,6-7H2,1H3,(H2,14,16)(H,15,17). The molecule has 7 heteroatoms. The number of carbonyl (C=O) groups is 1. The Morgan fingerprint density at radius 1 is 1.50 bits per heavy atom. The van der Waals surface area contributed by atoms with Crippen LogP contribution in [0.5, 0.6) is 11.5 Å². The molecular weight excluding hydrogens is 262 g/mol. The van der Waals surface area contributed by atoms with E-state index in [1.165, 1.54) is 0 Å². The number of carbonyl (C=O) groups excluding carboxylic acids is 1. The second-order valence-electron chi connectivity index (χ2n) is 4.39. The Bertz CT molecular complexity index is 530. The Balaban J connectivity index is 1.96. The Morgan fingerprint density at radius 2 is 2.25 bits per heavy atom. The van der Waals surface area contributed by atoms with E-state index in [-0.39, 0.29) is 18.5 Å². The van der Waals surface area contributed by atoms with Crippen LogP contribution in [0.25, 0.3) is 0 Å². The number of benzene rings is 1. The molecule has 0 saturated carbocycles. The molecule has 1 heterocycles. The van der Waals surface area contributed by atoms with Gasteiger partial charge in [0.05, 0.1) is 5.92 Å². The molecule has 1 unspecified atom stereocenters. The number of fused-ring (bicyclic) bond motifs is 1. The van der Waals surface area contributed by atoms with Crippen LogP contribution in [-0.4, -0.2) is 23.7 Å². The molecule has 2 rings (SSSR count). The lowest BCUT2D eigenvalue weighted by atomic mass is 10.0. The van der Waals surface area contributed by atoms with E-state index >= 15 is 0 Å². The summed E-state index contributed by atoms with van der Waals surface area (Å²) >= 11 is 0. The summed E-state index contributed by atoms with van der Waals surface area (Å²) in [5.74, 6) is 0.369. The molecule has 1 aliphatic heterocycles. The van der Waals surface area contributed by atoms with Gasteiger partial charge in [0, 0.05) is 6.54 Å². The highest BCUT2D eigenvalue weighted by atomic mass is 16.7. The van der Waals surface area contributed by atoms with E-state index in [1.54, 1.807) is 13.0 Å². The Kier molecular flexibility index (Phi) is 4.29. The molecule has 108 valence electrons. The number of hydrogen-bond acceptors (Lipinski definition) is 5. The van der Waals surface area contributed by atoms with Crippen molar-refractivity contribution >= 4 is 11.7 Å². The van der Waals surface area contributed by atoms with Crippen LogP contribution >= 0.6 is 0 Å². The van der Waals surface area contributed by atoms with Gasteiger partial charge in [0.25, 0.3) is 0 Å². The number of nitrogens with zero attached hydrogens (tertiary/aromatic N) is 1. The largest absolute Gasteiger partial charge is 0.454 e. The van der Waals surface area contributed by atoms with Crippen molar-refractivity contribution in [2.24, 2.45) is 16.8 Å². The Hall–Kier alpha value is -2.44. The van der Waals surface area contributed by atoms with Crippen molar-refractivity contribution in [3.8, 4) is 11.5 Å². The SMILES string of the molecule is CCC(C(=O)NCc1ccc2c(c1)OCO2)C(N)=NO. The van der Waals surface area contributed by atoms with Crippen molar-refractivity contribution in [2.45, 2.75) is 19.9 Å². The third-order valence-corrected chi connectivity index (χ3v) is 3.10. The van der Waals surface area contributed by atoms with Gasteiger partial charge in [-0.25, -0.2) is 0 Å². The van der Waals surface area contributed by atoms with Crippen molar-refractivity contribution in [1.82, 2.24) is 5.32 Å². The molecule has 20 heavy (non-hydrogen) atoms. The molecule has 1 atom stereocenters. The summed E-state index contributed by atoms with van der Waals surface area (Å²) in [6.45, 7) is 2.35. The lowest BCUT2D eigenvalue weighted by Gasteiger charge is -2.13. The van der Waals surface area contributed by atoms with E-state index in [2.05, 4.69) is 10.5 Å². The highest BCUT2D eigenvalue weighted by Crippen LogP contribution is 2.32. The highest BCUT2D eigenvalue weighted by Gasteiger charge is 2.21. The summed E-state index contributed by atoms with van der Waals surface area (Å²) in [7, 11) is 0. The van der Waals surface area contributed by atoms with E-state index in [0.29, 0.717) is 24.5 Å². The maximum atomic E-state index is 11.9. The number of amidine groups is 1. The molecular formula is C13H17N3O4. The highest BCUT2D eigenvalue weighted by molar-refractivity contribution is 6.01. The summed E-state index contributed by atoms with van der Waals surface area (Å²) in [6.07, 6.45) is 0.461. The fourth-order valence-corrected chi connectivity index (χ4v) is 1.96. The maximum absolute atomic E-state index is 11.9. The molecule has 7 nitrogen and oxygen atoms in total. The first-order chi connectivity index (χ1) is 9.65. The zero-order valence-corrected chi connectivity index (χ0v) is 11.1. The molecule has 0 fully saturated rings. The molecule has 0 radical (unpaired) electrons. The molecule has 4 N–H and O–H groups in total. The predicted molar refractivity (Wildman–Crippen MR) is 71.6 cm³/mol. The predicted octanol–water partition coefficient (Wildman–Crippen LogP) is 0.804. The second-order valence-corrected chi connectivity index (χ2v) is 4.39. The number of rotatable bonds is 5. The van der Waals surface area contributed by atoms with Crippen molar-refractivity contribution in [3.63, 3.8) is 0 Å². The minimum absolute atomic E-state index is 0.0873. The molecule has 0 spiro atoms. The number of nitrogens with one attached hydrogen (secondary N) is 1. The van der Waals surface area contributed by atoms with Gasteiger partial charge in [-0.3, -0.25) is 4.79 Å². The first-order valence-electron chi connectivity index (χ1n) is 6.29. The molecule has 0 aromatic heterocycles. The summed E-state index contributed by atoms with van der Waals surface area (Å²) in [6, 6.07) is 5.45. The fraction of sp³-hybridized carbons (Fsp3) is 0.385. The summed E-state index contributed by atoms with van der Waals surface area (Å²) in [5, 5.41) is 14.3. The fourth-order valence-electron chi connectivity index (χ4n) is 1.96. The zero-order chi connectivity index (χ0) is 14.5. The first kappa shape index (κ1) is 14.0. The quantitative estimate of drug-likeness (QED) is 0.320. The van der Waals surface area contributed by atoms with Crippen molar-refractivity contribution in [2.75, 3.05) is 6.79 Å². The van der Waals surface area contributed by atoms with E-state index in [4.69, 9.17) is 20.4 Å². The number of nitrogens with two attached hydrogens (primary N) is 1. The summed E-state index contributed by atoms with van der Waals surface area (Å²) in [5.41, 5.74) is 6.36. The monoisotopic (exact) mass is 279 g/mol. The average molecular weight is 279 g/mol. The molecule has 0 saturated heterocycles.